The van der Waals surface area contributed by atoms with Crippen LogP contribution in [0.3, 0.4) is 0 Å². The van der Waals surface area contributed by atoms with Crippen LogP contribution in [-0.4, -0.2) is 9.13 Å². The number of nitriles is 4. The molecule has 0 radical (unpaired) electrons. The topological polar surface area (TPSA) is 105 Å². The van der Waals surface area contributed by atoms with E-state index in [1.807, 2.05) is 63.7 Å². The van der Waals surface area contributed by atoms with Gasteiger partial charge in [-0.2, -0.15) is 34.2 Å². The summed E-state index contributed by atoms with van der Waals surface area (Å²) in [5.41, 5.74) is 4.09. The molecule has 50 heavy (non-hydrogen) atoms. The van der Waals surface area contributed by atoms with Gasteiger partial charge >= 0.3 is 6.18 Å². The average molecular weight is 653 g/mol. The first kappa shape index (κ1) is 30.0. The van der Waals surface area contributed by atoms with Crippen molar-refractivity contribution in [2.24, 2.45) is 0 Å². The zero-order valence-corrected chi connectivity index (χ0v) is 25.8. The van der Waals surface area contributed by atoms with Gasteiger partial charge in [0.1, 0.15) is 11.6 Å². The molecule has 0 amide bonds. The van der Waals surface area contributed by atoms with Crippen LogP contribution >= 0.6 is 0 Å². The van der Waals surface area contributed by atoms with Crippen LogP contribution in [0.4, 0.5) is 13.2 Å². The van der Waals surface area contributed by atoms with E-state index >= 15 is 0 Å². The molecule has 0 N–H and O–H groups in total. The molecule has 0 fully saturated rings. The van der Waals surface area contributed by atoms with Crippen molar-refractivity contribution in [2.45, 2.75) is 6.18 Å². The molecule has 0 unspecified atom stereocenters. The maximum atomic E-state index is 14.1. The van der Waals surface area contributed by atoms with Crippen LogP contribution in [0.25, 0.3) is 66.1 Å². The first-order valence-corrected chi connectivity index (χ1v) is 15.3. The zero-order chi connectivity index (χ0) is 34.7. The summed E-state index contributed by atoms with van der Waals surface area (Å²) in [5, 5.41) is 43.3. The maximum Gasteiger partial charge on any atom is 0.416 e. The Labute approximate surface area is 282 Å². The number of para-hydroxylation sites is 2. The molecule has 0 spiro atoms. The number of alkyl halides is 3. The summed E-state index contributed by atoms with van der Waals surface area (Å²) in [4.78, 5) is 0. The molecule has 9 heteroatoms. The molecule has 0 saturated heterocycles. The van der Waals surface area contributed by atoms with Crippen LogP contribution in [-0.2, 0) is 6.18 Å². The molecule has 0 saturated carbocycles. The van der Waals surface area contributed by atoms with Gasteiger partial charge in [0, 0.05) is 21.5 Å². The highest BCUT2D eigenvalue weighted by Crippen LogP contribution is 2.41. The van der Waals surface area contributed by atoms with Gasteiger partial charge in [-0.25, -0.2) is 0 Å². The van der Waals surface area contributed by atoms with Gasteiger partial charge in [-0.1, -0.05) is 36.4 Å². The third-order valence-electron chi connectivity index (χ3n) is 9.02. The molecule has 0 aliphatic carbocycles. The van der Waals surface area contributed by atoms with E-state index in [1.165, 1.54) is 6.07 Å². The van der Waals surface area contributed by atoms with E-state index in [2.05, 4.69) is 18.2 Å². The fourth-order valence-electron chi connectivity index (χ4n) is 6.87. The zero-order valence-electron chi connectivity index (χ0n) is 25.8. The highest BCUT2D eigenvalue weighted by molar-refractivity contribution is 6.11. The van der Waals surface area contributed by atoms with E-state index in [9.17, 15) is 34.2 Å². The van der Waals surface area contributed by atoms with Crippen molar-refractivity contribution in [1.82, 2.24) is 9.13 Å². The second-order valence-corrected chi connectivity index (χ2v) is 11.8. The molecule has 8 aromatic rings. The summed E-state index contributed by atoms with van der Waals surface area (Å²) >= 11 is 0. The van der Waals surface area contributed by atoms with Crippen LogP contribution in [0.1, 0.15) is 27.8 Å². The second-order valence-electron chi connectivity index (χ2n) is 11.8. The fourth-order valence-corrected chi connectivity index (χ4v) is 6.87. The number of hydrogen-bond donors (Lipinski definition) is 0. The molecule has 0 aliphatic rings. The first-order chi connectivity index (χ1) is 24.2. The molecule has 0 bridgehead atoms. The highest BCUT2D eigenvalue weighted by atomic mass is 19.4. The Morgan fingerprint density at radius 1 is 0.440 bits per heavy atom. The van der Waals surface area contributed by atoms with Gasteiger partial charge in [-0.15, -0.1) is 0 Å². The minimum absolute atomic E-state index is 0.142. The van der Waals surface area contributed by atoms with E-state index in [1.54, 1.807) is 48.5 Å². The Kier molecular flexibility index (Phi) is 6.69. The maximum absolute atomic E-state index is 14.1. The minimum atomic E-state index is -4.71. The van der Waals surface area contributed by atoms with Gasteiger partial charge in [0.2, 0.25) is 0 Å². The van der Waals surface area contributed by atoms with Gasteiger partial charge in [-0.05, 0) is 90.0 Å². The molecule has 2 aromatic heterocycles. The number of nitrogens with zero attached hydrogens (tertiary/aromatic N) is 6. The van der Waals surface area contributed by atoms with E-state index in [0.29, 0.717) is 39.1 Å². The average Bonchev–Trinajstić information content (AvgIpc) is 3.65. The predicted molar refractivity (Wildman–Crippen MR) is 184 cm³/mol. The summed E-state index contributed by atoms with van der Waals surface area (Å²) in [7, 11) is 0. The van der Waals surface area contributed by atoms with Crippen molar-refractivity contribution in [3.05, 3.63) is 143 Å². The van der Waals surface area contributed by atoms with Gasteiger partial charge < -0.3 is 9.13 Å². The van der Waals surface area contributed by atoms with Crippen molar-refractivity contribution < 1.29 is 13.2 Å². The number of aromatic nitrogens is 2. The van der Waals surface area contributed by atoms with Gasteiger partial charge in [0.05, 0.1) is 73.9 Å². The standard InChI is InChI=1S/C41H19F3N6/c42-41(43,44)29-14-26(22-47)13-27(17-29)28-18-39(49-35-7-3-1-5-30(35)32-15-24(20-45)9-11-37(32)49)34(23-48)40(19-28)50-36-8-4-2-6-31(36)33-16-25(21-46)10-12-38(33)50/h1-19H. The first-order valence-electron chi connectivity index (χ1n) is 15.3. The SMILES string of the molecule is N#Cc1cc(-c2cc(-n3c4ccccc4c4cc(C#N)ccc43)c(C#N)c(-n3c4ccccc4c4cc(C#N)ccc43)c2)cc(C(F)(F)F)c1. The van der Waals surface area contributed by atoms with E-state index in [-0.39, 0.29) is 16.7 Å². The summed E-state index contributed by atoms with van der Waals surface area (Å²) in [5.74, 6) is 0. The highest BCUT2D eigenvalue weighted by Gasteiger charge is 2.32. The van der Waals surface area contributed by atoms with Crippen LogP contribution in [0, 0.1) is 45.3 Å². The van der Waals surface area contributed by atoms with Crippen molar-refractivity contribution in [2.75, 3.05) is 0 Å². The largest absolute Gasteiger partial charge is 0.416 e. The number of hydrogen-bond acceptors (Lipinski definition) is 4. The van der Waals surface area contributed by atoms with Crippen LogP contribution < -0.4 is 0 Å². The van der Waals surface area contributed by atoms with Gasteiger partial charge in [0.25, 0.3) is 0 Å². The quantitative estimate of drug-likeness (QED) is 0.189. The van der Waals surface area contributed by atoms with E-state index in [0.717, 1.165) is 44.7 Å². The number of halogens is 3. The molecule has 8 rings (SSSR count). The normalized spacial score (nSPS) is 11.4. The lowest BCUT2D eigenvalue weighted by Gasteiger charge is -2.19. The Bertz CT molecular complexity index is 2760. The molecular weight excluding hydrogens is 633 g/mol. The lowest BCUT2D eigenvalue weighted by molar-refractivity contribution is -0.137. The monoisotopic (exact) mass is 652 g/mol. The summed E-state index contributed by atoms with van der Waals surface area (Å²) in [6.45, 7) is 0. The van der Waals surface area contributed by atoms with E-state index < -0.39 is 11.7 Å². The van der Waals surface area contributed by atoms with Crippen molar-refractivity contribution in [3.63, 3.8) is 0 Å². The Hall–Kier alpha value is -7.33. The van der Waals surface area contributed by atoms with Gasteiger partial charge in [0.15, 0.2) is 0 Å². The predicted octanol–water partition coefficient (Wildman–Crippen LogP) is 10.1. The second kappa shape index (κ2) is 11.1. The lowest BCUT2D eigenvalue weighted by Crippen LogP contribution is -2.07. The third kappa shape index (κ3) is 4.54. The Morgan fingerprint density at radius 2 is 0.900 bits per heavy atom. The molecule has 0 atom stereocenters. The summed E-state index contributed by atoms with van der Waals surface area (Å²) in [6.07, 6.45) is -4.71. The third-order valence-corrected chi connectivity index (χ3v) is 9.02. The molecule has 6 aromatic carbocycles. The Morgan fingerprint density at radius 3 is 1.36 bits per heavy atom. The van der Waals surface area contributed by atoms with Crippen molar-refractivity contribution >= 4 is 43.6 Å². The van der Waals surface area contributed by atoms with Crippen LogP contribution in [0.2, 0.25) is 0 Å². The smallest absolute Gasteiger partial charge is 0.308 e. The number of benzene rings is 6. The molecule has 234 valence electrons. The number of rotatable bonds is 3. The molecule has 2 heterocycles. The van der Waals surface area contributed by atoms with Gasteiger partial charge in [-0.3, -0.25) is 0 Å². The van der Waals surface area contributed by atoms with Crippen LogP contribution in [0.5, 0.6) is 0 Å². The number of fused-ring (bicyclic) bond motifs is 6. The van der Waals surface area contributed by atoms with Crippen molar-refractivity contribution in [1.29, 1.82) is 21.0 Å². The lowest BCUT2D eigenvalue weighted by atomic mass is 9.96. The Balaban J connectivity index is 1.57. The summed E-state index contributed by atoms with van der Waals surface area (Å²) in [6, 6.07) is 40.7. The molecule has 6 nitrogen and oxygen atoms in total. The fraction of sp³-hybridized carbons (Fsp3) is 0.0244. The molecule has 0 aliphatic heterocycles. The van der Waals surface area contributed by atoms with Crippen molar-refractivity contribution in [3.8, 4) is 46.8 Å². The molecular formula is C41H19F3N6. The van der Waals surface area contributed by atoms with Crippen LogP contribution in [0.15, 0.2) is 115 Å². The van der Waals surface area contributed by atoms with E-state index in [4.69, 9.17) is 0 Å². The minimum Gasteiger partial charge on any atom is -0.308 e. The summed E-state index contributed by atoms with van der Waals surface area (Å²) < 4.78 is 46.2.